The number of benzene rings is 1. The molecule has 2 atom stereocenters. The monoisotopic (exact) mass is 518 g/mol. The highest BCUT2D eigenvalue weighted by Gasteiger charge is 2.38. The molecule has 1 fully saturated rings. The zero-order valence-corrected chi connectivity index (χ0v) is 22.7. The Morgan fingerprint density at radius 1 is 1.24 bits per heavy atom. The van der Waals surface area contributed by atoms with Gasteiger partial charge in [-0.05, 0) is 66.4 Å². The van der Waals surface area contributed by atoms with E-state index in [0.717, 1.165) is 5.56 Å². The Morgan fingerprint density at radius 2 is 1.82 bits per heavy atom. The predicted molar refractivity (Wildman–Crippen MR) is 136 cm³/mol. The smallest absolute Gasteiger partial charge is 0.410 e. The number of carbonyl (C=O) groups excluding carboxylic acids is 1. The number of likely N-dealkylation sites (tertiary alicyclic amines) is 1. The molecule has 1 N–H and O–H groups in total. The van der Waals surface area contributed by atoms with Gasteiger partial charge in [0.1, 0.15) is 22.7 Å². The van der Waals surface area contributed by atoms with Crippen molar-refractivity contribution in [1.82, 2.24) is 9.62 Å². The van der Waals surface area contributed by atoms with E-state index in [1.54, 1.807) is 23.1 Å². The highest BCUT2D eigenvalue weighted by Crippen LogP contribution is 2.41. The van der Waals surface area contributed by atoms with Gasteiger partial charge in [0.05, 0.1) is 16.1 Å². The van der Waals surface area contributed by atoms with Crippen LogP contribution in [0.4, 0.5) is 4.79 Å². The summed E-state index contributed by atoms with van der Waals surface area (Å²) in [5.41, 5.74) is 0.249. The summed E-state index contributed by atoms with van der Waals surface area (Å²) in [4.78, 5) is 14.2. The van der Waals surface area contributed by atoms with Crippen molar-refractivity contribution in [3.8, 4) is 5.75 Å². The van der Waals surface area contributed by atoms with Crippen LogP contribution in [0.15, 0.2) is 24.8 Å². The SMILES string of the molecule is C=CCOc1cc(Cl)c(Cl)cc1C(N[S@@+]([O-])C(C)(C)C)C1CCN(C(=O)OC(C)(C)C)CC1. The second-order valence-electron chi connectivity index (χ2n) is 10.2. The largest absolute Gasteiger partial charge is 0.598 e. The van der Waals surface area contributed by atoms with Gasteiger partial charge in [0.2, 0.25) is 0 Å². The summed E-state index contributed by atoms with van der Waals surface area (Å²) >= 11 is 11.3. The van der Waals surface area contributed by atoms with Gasteiger partial charge in [0.25, 0.3) is 0 Å². The Bertz CT molecular complexity index is 831. The number of hydrogen-bond donors (Lipinski definition) is 1. The van der Waals surface area contributed by atoms with E-state index in [2.05, 4.69) is 11.3 Å². The normalized spacial score (nSPS) is 17.4. The van der Waals surface area contributed by atoms with Gasteiger partial charge in [0, 0.05) is 36.1 Å². The number of nitrogens with zero attached hydrogens (tertiary/aromatic N) is 1. The zero-order chi connectivity index (χ0) is 25.0. The minimum atomic E-state index is -1.33. The van der Waals surface area contributed by atoms with Crippen LogP contribution in [-0.4, -0.2) is 45.6 Å². The molecule has 1 heterocycles. The molecule has 1 saturated heterocycles. The molecule has 0 saturated carbocycles. The molecule has 186 valence electrons. The Kier molecular flexibility index (Phi) is 9.83. The highest BCUT2D eigenvalue weighted by molar-refractivity contribution is 7.90. The molecule has 1 aliphatic rings. The highest BCUT2D eigenvalue weighted by atomic mass is 35.5. The molecule has 9 heteroatoms. The summed E-state index contributed by atoms with van der Waals surface area (Å²) in [5, 5.41) is 0.784. The molecule has 1 aromatic carbocycles. The van der Waals surface area contributed by atoms with Crippen molar-refractivity contribution in [2.45, 2.75) is 70.8 Å². The summed E-state index contributed by atoms with van der Waals surface area (Å²) in [6.45, 7) is 16.4. The van der Waals surface area contributed by atoms with Gasteiger partial charge in [-0.1, -0.05) is 35.9 Å². The maximum absolute atomic E-state index is 13.1. The van der Waals surface area contributed by atoms with E-state index in [1.165, 1.54) is 0 Å². The molecular formula is C24H36Cl2N2O4S. The van der Waals surface area contributed by atoms with Crippen molar-refractivity contribution in [3.63, 3.8) is 0 Å². The third-order valence-corrected chi connectivity index (χ3v) is 7.50. The Hall–Kier alpha value is -1.12. The molecule has 33 heavy (non-hydrogen) atoms. The molecule has 0 aromatic heterocycles. The van der Waals surface area contributed by atoms with E-state index in [4.69, 9.17) is 32.7 Å². The van der Waals surface area contributed by atoms with Gasteiger partial charge < -0.3 is 18.9 Å². The molecule has 1 unspecified atom stereocenters. The Balaban J connectivity index is 2.32. The summed E-state index contributed by atoms with van der Waals surface area (Å²) in [5.74, 6) is 0.667. The fourth-order valence-corrected chi connectivity index (χ4v) is 4.74. The van der Waals surface area contributed by atoms with Crippen LogP contribution >= 0.6 is 23.2 Å². The van der Waals surface area contributed by atoms with Crippen LogP contribution in [0.3, 0.4) is 0 Å². The molecule has 0 bridgehead atoms. The van der Waals surface area contributed by atoms with Crippen molar-refractivity contribution < 1.29 is 18.8 Å². The predicted octanol–water partition coefficient (Wildman–Crippen LogP) is 6.30. The third kappa shape index (κ3) is 8.25. The van der Waals surface area contributed by atoms with E-state index in [1.807, 2.05) is 41.5 Å². The lowest BCUT2D eigenvalue weighted by Gasteiger charge is -2.38. The van der Waals surface area contributed by atoms with Crippen molar-refractivity contribution in [2.75, 3.05) is 19.7 Å². The van der Waals surface area contributed by atoms with Crippen molar-refractivity contribution in [2.24, 2.45) is 5.92 Å². The number of nitrogens with one attached hydrogen (secondary N) is 1. The average Bonchev–Trinajstić information content (AvgIpc) is 2.70. The van der Waals surface area contributed by atoms with Crippen LogP contribution in [0.2, 0.25) is 10.0 Å². The van der Waals surface area contributed by atoms with Crippen molar-refractivity contribution in [3.05, 3.63) is 40.4 Å². The van der Waals surface area contributed by atoms with Gasteiger partial charge in [-0.3, -0.25) is 0 Å². The Morgan fingerprint density at radius 3 is 2.33 bits per heavy atom. The number of amides is 1. The summed E-state index contributed by atoms with van der Waals surface area (Å²) in [6, 6.07) is 3.16. The molecule has 0 aliphatic carbocycles. The lowest BCUT2D eigenvalue weighted by molar-refractivity contribution is 0.0171. The van der Waals surface area contributed by atoms with E-state index in [9.17, 15) is 9.35 Å². The summed E-state index contributed by atoms with van der Waals surface area (Å²) in [7, 11) is 0. The fraction of sp³-hybridized carbons (Fsp3) is 0.625. The zero-order valence-electron chi connectivity index (χ0n) is 20.4. The van der Waals surface area contributed by atoms with Crippen molar-refractivity contribution >= 4 is 40.7 Å². The number of hydrogen-bond acceptors (Lipinski definition) is 5. The number of carbonyl (C=O) groups is 1. The first kappa shape index (κ1) is 28.1. The molecule has 1 aromatic rings. The lowest BCUT2D eigenvalue weighted by atomic mass is 9.85. The maximum Gasteiger partial charge on any atom is 0.410 e. The minimum absolute atomic E-state index is 0.0957. The van der Waals surface area contributed by atoms with Crippen LogP contribution in [0.25, 0.3) is 0 Å². The number of ether oxygens (including phenoxy) is 2. The fourth-order valence-electron chi connectivity index (χ4n) is 3.51. The number of rotatable bonds is 7. The second kappa shape index (κ2) is 11.5. The lowest BCUT2D eigenvalue weighted by Crippen LogP contribution is -2.47. The van der Waals surface area contributed by atoms with Gasteiger partial charge in [-0.25, -0.2) is 4.79 Å². The van der Waals surface area contributed by atoms with Gasteiger partial charge in [0.15, 0.2) is 0 Å². The average molecular weight is 520 g/mol. The molecule has 6 nitrogen and oxygen atoms in total. The first-order valence-electron chi connectivity index (χ1n) is 11.1. The first-order chi connectivity index (χ1) is 15.2. The minimum Gasteiger partial charge on any atom is -0.598 e. The van der Waals surface area contributed by atoms with Gasteiger partial charge >= 0.3 is 6.09 Å². The molecular weight excluding hydrogens is 483 g/mol. The second-order valence-corrected chi connectivity index (χ2v) is 13.0. The van der Waals surface area contributed by atoms with Gasteiger partial charge in [-0.2, -0.15) is 0 Å². The topological polar surface area (TPSA) is 73.9 Å². The van der Waals surface area contributed by atoms with Crippen LogP contribution in [0.5, 0.6) is 5.75 Å². The summed E-state index contributed by atoms with van der Waals surface area (Å²) < 4.78 is 27.4. The Labute approximate surface area is 211 Å². The molecule has 0 spiro atoms. The van der Waals surface area contributed by atoms with E-state index < -0.39 is 21.7 Å². The molecule has 2 rings (SSSR count). The van der Waals surface area contributed by atoms with E-state index in [0.29, 0.717) is 48.3 Å². The van der Waals surface area contributed by atoms with Gasteiger partial charge in [-0.15, -0.1) is 4.72 Å². The van der Waals surface area contributed by atoms with E-state index in [-0.39, 0.29) is 18.1 Å². The van der Waals surface area contributed by atoms with Crippen LogP contribution < -0.4 is 9.46 Å². The van der Waals surface area contributed by atoms with Crippen molar-refractivity contribution in [1.29, 1.82) is 0 Å². The molecule has 1 aliphatic heterocycles. The first-order valence-corrected chi connectivity index (χ1v) is 13.0. The standard InChI is InChI=1S/C24H36Cl2N2O4S/c1-8-13-31-20-15-19(26)18(25)14-17(20)21(27-33(30)24(5,6)7)16-9-11-28(12-10-16)22(29)32-23(2,3)4/h8,14-16,21,27H,1,9-13H2,2-7H3/t21?,33-/m0/s1. The molecule has 1 amide bonds. The quantitative estimate of drug-likeness (QED) is 0.338. The van der Waals surface area contributed by atoms with Crippen LogP contribution in [-0.2, 0) is 16.1 Å². The maximum atomic E-state index is 13.1. The van der Waals surface area contributed by atoms with E-state index >= 15 is 0 Å². The van der Waals surface area contributed by atoms with Crippen LogP contribution in [0.1, 0.15) is 66.0 Å². The molecule has 0 radical (unpaired) electrons. The number of halogens is 2. The third-order valence-electron chi connectivity index (χ3n) is 5.20. The van der Waals surface area contributed by atoms with Crippen LogP contribution in [0, 0.1) is 5.92 Å². The number of piperidine rings is 1. The summed E-state index contributed by atoms with van der Waals surface area (Å²) in [6.07, 6.45) is 2.76.